The van der Waals surface area contributed by atoms with Gasteiger partial charge in [-0.1, -0.05) is 0 Å². The minimum Gasteiger partial charge on any atom is -0.481 e. The van der Waals surface area contributed by atoms with Crippen LogP contribution in [0.3, 0.4) is 0 Å². The van der Waals surface area contributed by atoms with E-state index in [0.717, 1.165) is 0 Å². The number of amides is 3. The summed E-state index contributed by atoms with van der Waals surface area (Å²) in [6.45, 7) is 7.28. The van der Waals surface area contributed by atoms with Gasteiger partial charge in [0.05, 0.1) is 5.92 Å². The van der Waals surface area contributed by atoms with Crippen molar-refractivity contribution in [2.24, 2.45) is 5.92 Å². The number of nitrogens with zero attached hydrogens (tertiary/aromatic N) is 1. The normalized spacial score (nSPS) is 21.3. The smallest absolute Gasteiger partial charge is 0.318 e. The average Bonchev–Trinajstić information content (AvgIpc) is 2.31. The molecule has 0 aliphatic carbocycles. The molecule has 0 aromatic rings. The molecule has 1 aliphatic rings. The summed E-state index contributed by atoms with van der Waals surface area (Å²) in [5.41, 5.74) is -0.936. The predicted octanol–water partition coefficient (Wildman–Crippen LogP) is 0.0156. The molecule has 0 radical (unpaired) electrons. The van der Waals surface area contributed by atoms with Crippen molar-refractivity contribution < 1.29 is 19.5 Å². The highest BCUT2D eigenvalue weighted by Crippen LogP contribution is 2.18. The standard InChI is InChI=1S/C12H21N3O4/c1-7(9(16)17)8(2)14-11(19)15-6-5-13-10(18)12(15,3)4/h7-8H,5-6H2,1-4H3,(H,13,18)(H,14,19)(H,16,17). The fraction of sp³-hybridized carbons (Fsp3) is 0.750. The molecule has 1 rings (SSSR count). The van der Waals surface area contributed by atoms with Crippen molar-refractivity contribution in [3.8, 4) is 0 Å². The number of rotatable bonds is 3. The maximum atomic E-state index is 12.1. The molecular weight excluding hydrogens is 250 g/mol. The van der Waals surface area contributed by atoms with E-state index in [4.69, 9.17) is 5.11 Å². The second-order valence-corrected chi connectivity index (χ2v) is 5.33. The molecule has 1 fully saturated rings. The molecule has 0 spiro atoms. The van der Waals surface area contributed by atoms with Crippen molar-refractivity contribution in [1.29, 1.82) is 0 Å². The summed E-state index contributed by atoms with van der Waals surface area (Å²) in [5.74, 6) is -1.87. The topological polar surface area (TPSA) is 98.7 Å². The third-order valence-corrected chi connectivity index (χ3v) is 3.59. The first-order valence-electron chi connectivity index (χ1n) is 6.27. The zero-order valence-corrected chi connectivity index (χ0v) is 11.7. The Balaban J connectivity index is 2.72. The molecule has 19 heavy (non-hydrogen) atoms. The van der Waals surface area contributed by atoms with Crippen LogP contribution < -0.4 is 10.6 Å². The van der Waals surface area contributed by atoms with Gasteiger partial charge in [0.15, 0.2) is 0 Å². The van der Waals surface area contributed by atoms with Crippen LogP contribution in [0.25, 0.3) is 0 Å². The lowest BCUT2D eigenvalue weighted by Gasteiger charge is -2.41. The molecule has 0 bridgehead atoms. The van der Waals surface area contributed by atoms with Gasteiger partial charge in [-0.2, -0.15) is 0 Å². The Morgan fingerprint density at radius 2 is 2.00 bits per heavy atom. The first kappa shape index (κ1) is 15.3. The van der Waals surface area contributed by atoms with Crippen LogP contribution in [0.15, 0.2) is 0 Å². The monoisotopic (exact) mass is 271 g/mol. The molecule has 1 heterocycles. The van der Waals surface area contributed by atoms with Crippen LogP contribution >= 0.6 is 0 Å². The zero-order valence-electron chi connectivity index (χ0n) is 11.7. The molecule has 0 aromatic carbocycles. The van der Waals surface area contributed by atoms with Gasteiger partial charge in [-0.25, -0.2) is 4.79 Å². The second-order valence-electron chi connectivity index (χ2n) is 5.33. The summed E-state index contributed by atoms with van der Waals surface area (Å²) in [4.78, 5) is 36.1. The number of urea groups is 1. The largest absolute Gasteiger partial charge is 0.481 e. The summed E-state index contributed by atoms with van der Waals surface area (Å²) < 4.78 is 0. The van der Waals surface area contributed by atoms with Crippen molar-refractivity contribution in [2.75, 3.05) is 13.1 Å². The molecule has 0 saturated carbocycles. The Hall–Kier alpha value is -1.79. The summed E-state index contributed by atoms with van der Waals surface area (Å²) in [5, 5.41) is 14.2. The van der Waals surface area contributed by atoms with Crippen LogP contribution in [-0.2, 0) is 9.59 Å². The lowest BCUT2D eigenvalue weighted by atomic mass is 9.99. The number of hydrogen-bond donors (Lipinski definition) is 3. The number of aliphatic carboxylic acids is 1. The highest BCUT2D eigenvalue weighted by molar-refractivity contribution is 5.91. The zero-order chi connectivity index (χ0) is 14.8. The van der Waals surface area contributed by atoms with Gasteiger partial charge >= 0.3 is 12.0 Å². The number of hydrogen-bond acceptors (Lipinski definition) is 3. The molecule has 3 amide bonds. The van der Waals surface area contributed by atoms with E-state index >= 15 is 0 Å². The average molecular weight is 271 g/mol. The number of carbonyl (C=O) groups is 3. The third-order valence-electron chi connectivity index (χ3n) is 3.59. The first-order valence-corrected chi connectivity index (χ1v) is 6.27. The summed E-state index contributed by atoms with van der Waals surface area (Å²) in [7, 11) is 0. The third kappa shape index (κ3) is 3.15. The van der Waals surface area contributed by atoms with Crippen molar-refractivity contribution in [3.05, 3.63) is 0 Å². The van der Waals surface area contributed by atoms with Gasteiger partial charge in [-0.3, -0.25) is 9.59 Å². The molecule has 7 heteroatoms. The molecule has 0 aromatic heterocycles. The molecule has 7 nitrogen and oxygen atoms in total. The van der Waals surface area contributed by atoms with Crippen LogP contribution in [0.2, 0.25) is 0 Å². The Morgan fingerprint density at radius 3 is 2.53 bits per heavy atom. The molecule has 1 aliphatic heterocycles. The number of nitrogens with one attached hydrogen (secondary N) is 2. The number of piperazine rings is 1. The van der Waals surface area contributed by atoms with Gasteiger partial charge in [-0.05, 0) is 27.7 Å². The Kier molecular flexibility index (Phi) is 4.39. The molecule has 1 saturated heterocycles. The number of carboxylic acids is 1. The van der Waals surface area contributed by atoms with Crippen LogP contribution in [0, 0.1) is 5.92 Å². The SMILES string of the molecule is CC(NC(=O)N1CCNC(=O)C1(C)C)C(C)C(=O)O. The first-order chi connectivity index (χ1) is 8.67. The van der Waals surface area contributed by atoms with E-state index in [1.165, 1.54) is 11.8 Å². The van der Waals surface area contributed by atoms with E-state index in [-0.39, 0.29) is 5.91 Å². The maximum Gasteiger partial charge on any atom is 0.318 e. The van der Waals surface area contributed by atoms with Gasteiger partial charge in [-0.15, -0.1) is 0 Å². The molecule has 2 atom stereocenters. The molecule has 2 unspecified atom stereocenters. The molecule has 108 valence electrons. The van der Waals surface area contributed by atoms with Crippen molar-refractivity contribution in [3.63, 3.8) is 0 Å². The van der Waals surface area contributed by atoms with Gasteiger partial charge in [0.2, 0.25) is 5.91 Å². The summed E-state index contributed by atoms with van der Waals surface area (Å²) in [6, 6.07) is -0.925. The van der Waals surface area contributed by atoms with E-state index < -0.39 is 29.5 Å². The Labute approximate surface area is 112 Å². The minimum absolute atomic E-state index is 0.215. The van der Waals surface area contributed by atoms with Gasteiger partial charge in [0, 0.05) is 19.1 Å². The predicted molar refractivity (Wildman–Crippen MR) is 68.6 cm³/mol. The lowest BCUT2D eigenvalue weighted by molar-refractivity contribution is -0.142. The molecular formula is C12H21N3O4. The van der Waals surface area contributed by atoms with Crippen LogP contribution in [0.5, 0.6) is 0 Å². The van der Waals surface area contributed by atoms with Gasteiger partial charge in [0.1, 0.15) is 5.54 Å². The minimum atomic E-state index is -0.969. The van der Waals surface area contributed by atoms with E-state index in [1.54, 1.807) is 20.8 Å². The van der Waals surface area contributed by atoms with E-state index in [1.807, 2.05) is 0 Å². The second kappa shape index (κ2) is 5.46. The van der Waals surface area contributed by atoms with Crippen LogP contribution in [0.1, 0.15) is 27.7 Å². The van der Waals surface area contributed by atoms with E-state index in [0.29, 0.717) is 13.1 Å². The van der Waals surface area contributed by atoms with Crippen LogP contribution in [0.4, 0.5) is 4.79 Å². The molecule has 3 N–H and O–H groups in total. The lowest BCUT2D eigenvalue weighted by Crippen LogP contribution is -2.66. The Morgan fingerprint density at radius 1 is 1.42 bits per heavy atom. The summed E-state index contributed by atoms with van der Waals surface area (Å²) >= 11 is 0. The quantitative estimate of drug-likeness (QED) is 0.673. The fourth-order valence-electron chi connectivity index (χ4n) is 1.87. The van der Waals surface area contributed by atoms with Gasteiger partial charge in [0.25, 0.3) is 0 Å². The highest BCUT2D eigenvalue weighted by atomic mass is 16.4. The van der Waals surface area contributed by atoms with Crippen molar-refractivity contribution in [2.45, 2.75) is 39.3 Å². The van der Waals surface area contributed by atoms with Crippen molar-refractivity contribution in [1.82, 2.24) is 15.5 Å². The number of carbonyl (C=O) groups excluding carboxylic acids is 2. The fourth-order valence-corrected chi connectivity index (χ4v) is 1.87. The van der Waals surface area contributed by atoms with Crippen molar-refractivity contribution >= 4 is 17.9 Å². The Bertz CT molecular complexity index is 394. The number of carboxylic acid groups (broad SMARTS) is 1. The van der Waals surface area contributed by atoms with E-state index in [9.17, 15) is 14.4 Å². The maximum absolute atomic E-state index is 12.1. The summed E-state index contributed by atoms with van der Waals surface area (Å²) in [6.07, 6.45) is 0. The highest BCUT2D eigenvalue weighted by Gasteiger charge is 2.41. The van der Waals surface area contributed by atoms with E-state index in [2.05, 4.69) is 10.6 Å². The van der Waals surface area contributed by atoms with Gasteiger partial charge < -0.3 is 20.6 Å². The van der Waals surface area contributed by atoms with Crippen LogP contribution in [-0.4, -0.2) is 52.6 Å².